The SMILES string of the molecule is CC=CCS(=O)(=O)NCl. The van der Waals surface area contributed by atoms with Crippen LogP contribution in [0.2, 0.25) is 0 Å². The van der Waals surface area contributed by atoms with Crippen LogP contribution in [0.4, 0.5) is 0 Å². The van der Waals surface area contributed by atoms with Gasteiger partial charge in [0.25, 0.3) is 0 Å². The molecule has 3 nitrogen and oxygen atoms in total. The monoisotopic (exact) mass is 169 g/mol. The highest BCUT2D eigenvalue weighted by Gasteiger charge is 2.02. The summed E-state index contributed by atoms with van der Waals surface area (Å²) < 4.78 is 22.6. The predicted molar refractivity (Wildman–Crippen MR) is 37.6 cm³/mol. The molecule has 0 aliphatic rings. The number of nitrogens with one attached hydrogen (secondary N) is 1. The molecule has 0 saturated carbocycles. The van der Waals surface area contributed by atoms with Crippen LogP contribution >= 0.6 is 11.8 Å². The second kappa shape index (κ2) is 3.87. The molecule has 0 saturated heterocycles. The quantitative estimate of drug-likeness (QED) is 0.498. The number of sulfonamides is 1. The Morgan fingerprint density at radius 2 is 2.22 bits per heavy atom. The van der Waals surface area contributed by atoms with Gasteiger partial charge in [0, 0.05) is 0 Å². The van der Waals surface area contributed by atoms with Crippen molar-refractivity contribution in [2.75, 3.05) is 5.75 Å². The van der Waals surface area contributed by atoms with Gasteiger partial charge < -0.3 is 0 Å². The van der Waals surface area contributed by atoms with E-state index in [0.717, 1.165) is 0 Å². The summed E-state index contributed by atoms with van der Waals surface area (Å²) in [5.41, 5.74) is 0. The minimum Gasteiger partial charge on any atom is -0.211 e. The van der Waals surface area contributed by atoms with Crippen LogP contribution in [0.3, 0.4) is 0 Å². The van der Waals surface area contributed by atoms with Crippen molar-refractivity contribution < 1.29 is 8.42 Å². The highest BCUT2D eigenvalue weighted by atomic mass is 35.5. The van der Waals surface area contributed by atoms with Crippen molar-refractivity contribution >= 4 is 21.8 Å². The van der Waals surface area contributed by atoms with Crippen molar-refractivity contribution in [2.24, 2.45) is 0 Å². The highest BCUT2D eigenvalue weighted by molar-refractivity contribution is 7.90. The van der Waals surface area contributed by atoms with Gasteiger partial charge in [-0.05, 0) is 18.7 Å². The molecular formula is C4H8ClNO2S. The minimum atomic E-state index is -3.25. The summed E-state index contributed by atoms with van der Waals surface area (Å²) in [6.45, 7) is 1.74. The Kier molecular flexibility index (Phi) is 3.84. The van der Waals surface area contributed by atoms with Crippen molar-refractivity contribution in [1.82, 2.24) is 4.24 Å². The van der Waals surface area contributed by atoms with Gasteiger partial charge in [-0.3, -0.25) is 0 Å². The molecule has 5 heteroatoms. The first-order chi connectivity index (χ1) is 4.12. The van der Waals surface area contributed by atoms with Crippen molar-refractivity contribution in [3.05, 3.63) is 12.2 Å². The first kappa shape index (κ1) is 8.94. The Labute approximate surface area is 59.9 Å². The number of hydrogen-bond donors (Lipinski definition) is 1. The Morgan fingerprint density at radius 1 is 1.67 bits per heavy atom. The smallest absolute Gasteiger partial charge is 0.211 e. The van der Waals surface area contributed by atoms with Crippen LogP contribution in [0.15, 0.2) is 12.2 Å². The molecule has 0 aromatic carbocycles. The molecule has 0 fully saturated rings. The standard InChI is InChI=1S/C4H8ClNO2S/c1-2-3-4-9(7,8)6-5/h2-3,6H,4H2,1H3. The molecule has 0 aliphatic carbocycles. The van der Waals surface area contributed by atoms with Gasteiger partial charge in [-0.15, -0.1) is 4.24 Å². The lowest BCUT2D eigenvalue weighted by atomic mass is 10.6. The molecule has 0 aliphatic heterocycles. The van der Waals surface area contributed by atoms with Crippen LogP contribution in [-0.4, -0.2) is 14.2 Å². The minimum absolute atomic E-state index is 0.0625. The second-order valence-corrected chi connectivity index (χ2v) is 3.61. The first-order valence-electron chi connectivity index (χ1n) is 2.33. The molecule has 54 valence electrons. The van der Waals surface area contributed by atoms with E-state index >= 15 is 0 Å². The van der Waals surface area contributed by atoms with Crippen LogP contribution in [0.5, 0.6) is 0 Å². The van der Waals surface area contributed by atoms with Gasteiger partial charge in [0.1, 0.15) is 0 Å². The van der Waals surface area contributed by atoms with Crippen LogP contribution in [0.1, 0.15) is 6.92 Å². The van der Waals surface area contributed by atoms with Gasteiger partial charge in [0.2, 0.25) is 10.0 Å². The van der Waals surface area contributed by atoms with Gasteiger partial charge in [-0.2, -0.15) is 0 Å². The average molecular weight is 170 g/mol. The maximum Gasteiger partial charge on any atom is 0.228 e. The number of hydrogen-bond acceptors (Lipinski definition) is 2. The Hall–Kier alpha value is -0.0600. The molecule has 0 heterocycles. The maximum atomic E-state index is 10.5. The lowest BCUT2D eigenvalue weighted by Crippen LogP contribution is -2.15. The lowest BCUT2D eigenvalue weighted by Gasteiger charge is -1.91. The zero-order valence-corrected chi connectivity index (χ0v) is 6.54. The molecule has 9 heavy (non-hydrogen) atoms. The summed E-state index contributed by atoms with van der Waals surface area (Å²) in [4.78, 5) is 0. The van der Waals surface area contributed by atoms with Crippen molar-refractivity contribution in [3.63, 3.8) is 0 Å². The van der Waals surface area contributed by atoms with E-state index in [-0.39, 0.29) is 5.75 Å². The van der Waals surface area contributed by atoms with Crippen molar-refractivity contribution in [2.45, 2.75) is 6.92 Å². The molecule has 1 N–H and O–H groups in total. The molecule has 0 bridgehead atoms. The molecule has 0 aromatic heterocycles. The Morgan fingerprint density at radius 3 is 2.56 bits per heavy atom. The molecule has 0 spiro atoms. The van der Waals surface area contributed by atoms with E-state index in [1.54, 1.807) is 17.2 Å². The molecular weight excluding hydrogens is 162 g/mol. The predicted octanol–water partition coefficient (Wildman–Crippen LogP) is 0.636. The molecule has 0 amide bonds. The highest BCUT2D eigenvalue weighted by Crippen LogP contribution is 1.85. The van der Waals surface area contributed by atoms with Crippen molar-refractivity contribution in [1.29, 1.82) is 0 Å². The summed E-state index contributed by atoms with van der Waals surface area (Å²) in [5.74, 6) is -0.0625. The topological polar surface area (TPSA) is 46.2 Å². The third kappa shape index (κ3) is 4.44. The number of halogens is 1. The van der Waals surface area contributed by atoms with E-state index in [1.807, 2.05) is 0 Å². The Bertz CT molecular complexity index is 185. The van der Waals surface area contributed by atoms with E-state index in [9.17, 15) is 8.42 Å². The fourth-order valence-electron chi connectivity index (χ4n) is 0.254. The van der Waals surface area contributed by atoms with Crippen LogP contribution in [0, 0.1) is 0 Å². The largest absolute Gasteiger partial charge is 0.228 e. The van der Waals surface area contributed by atoms with E-state index in [0.29, 0.717) is 0 Å². The third-order valence-corrected chi connectivity index (χ3v) is 2.24. The zero-order chi connectivity index (χ0) is 7.33. The van der Waals surface area contributed by atoms with E-state index in [2.05, 4.69) is 0 Å². The van der Waals surface area contributed by atoms with Crippen LogP contribution in [-0.2, 0) is 10.0 Å². The van der Waals surface area contributed by atoms with Crippen LogP contribution < -0.4 is 4.24 Å². The van der Waals surface area contributed by atoms with Gasteiger partial charge in [0.15, 0.2) is 0 Å². The van der Waals surface area contributed by atoms with Gasteiger partial charge in [-0.1, -0.05) is 12.2 Å². The summed E-state index contributed by atoms with van der Waals surface area (Å²) in [5, 5.41) is 0. The molecule has 0 radical (unpaired) electrons. The molecule has 0 rings (SSSR count). The fourth-order valence-corrected chi connectivity index (χ4v) is 0.952. The summed E-state index contributed by atoms with van der Waals surface area (Å²) in [7, 11) is -3.25. The van der Waals surface area contributed by atoms with Gasteiger partial charge >= 0.3 is 0 Å². The van der Waals surface area contributed by atoms with Crippen molar-refractivity contribution in [3.8, 4) is 0 Å². The normalized spacial score (nSPS) is 12.7. The number of allylic oxidation sites excluding steroid dienone is 1. The summed E-state index contributed by atoms with van der Waals surface area (Å²) in [6, 6.07) is 0. The third-order valence-electron chi connectivity index (χ3n) is 0.669. The second-order valence-electron chi connectivity index (χ2n) is 1.43. The molecule has 0 aromatic rings. The molecule has 0 atom stereocenters. The Balaban J connectivity index is 3.90. The van der Waals surface area contributed by atoms with Crippen LogP contribution in [0.25, 0.3) is 0 Å². The van der Waals surface area contributed by atoms with E-state index < -0.39 is 10.0 Å². The summed E-state index contributed by atoms with van der Waals surface area (Å²) in [6.07, 6.45) is 3.15. The summed E-state index contributed by atoms with van der Waals surface area (Å²) >= 11 is 4.86. The molecule has 0 unspecified atom stereocenters. The zero-order valence-electron chi connectivity index (χ0n) is 4.96. The van der Waals surface area contributed by atoms with E-state index in [4.69, 9.17) is 11.8 Å². The average Bonchev–Trinajstić information content (AvgIpc) is 1.84. The maximum absolute atomic E-state index is 10.5. The fraction of sp³-hybridized carbons (Fsp3) is 0.500. The first-order valence-corrected chi connectivity index (χ1v) is 4.36. The lowest BCUT2D eigenvalue weighted by molar-refractivity contribution is 0.597. The number of rotatable bonds is 3. The van der Waals surface area contributed by atoms with Gasteiger partial charge in [0.05, 0.1) is 5.75 Å². The van der Waals surface area contributed by atoms with E-state index in [1.165, 1.54) is 6.08 Å². The van der Waals surface area contributed by atoms with Gasteiger partial charge in [-0.25, -0.2) is 8.42 Å².